The van der Waals surface area contributed by atoms with Crippen molar-refractivity contribution >= 4 is 5.78 Å². The Morgan fingerprint density at radius 1 is 1.21 bits per heavy atom. The molecule has 24 heavy (non-hydrogen) atoms. The van der Waals surface area contributed by atoms with Gasteiger partial charge in [-0.1, -0.05) is 24.8 Å². The summed E-state index contributed by atoms with van der Waals surface area (Å²) in [6, 6.07) is 0. The van der Waals surface area contributed by atoms with Crippen LogP contribution in [0.2, 0.25) is 0 Å². The predicted octanol–water partition coefficient (Wildman–Crippen LogP) is 4.27. The van der Waals surface area contributed by atoms with Crippen molar-refractivity contribution in [3.8, 4) is 12.3 Å². The van der Waals surface area contributed by atoms with Crippen LogP contribution in [-0.4, -0.2) is 16.5 Å². The summed E-state index contributed by atoms with van der Waals surface area (Å²) < 4.78 is 0. The van der Waals surface area contributed by atoms with E-state index in [9.17, 15) is 9.90 Å². The summed E-state index contributed by atoms with van der Waals surface area (Å²) in [4.78, 5) is 11.8. The number of hydrogen-bond donors (Lipinski definition) is 1. The van der Waals surface area contributed by atoms with Crippen LogP contribution in [0.5, 0.6) is 0 Å². The van der Waals surface area contributed by atoms with E-state index in [-0.39, 0.29) is 5.41 Å². The number of allylic oxidation sites excluding steroid dienone is 1. The molecule has 1 unspecified atom stereocenters. The molecular weight excluding hydrogens is 296 g/mol. The monoisotopic (exact) mass is 326 g/mol. The zero-order chi connectivity index (χ0) is 16.9. The molecule has 130 valence electrons. The number of fused-ring (bicyclic) bond motifs is 5. The van der Waals surface area contributed by atoms with Gasteiger partial charge >= 0.3 is 0 Å². The van der Waals surface area contributed by atoms with Crippen LogP contribution < -0.4 is 0 Å². The van der Waals surface area contributed by atoms with E-state index in [0.717, 1.165) is 51.4 Å². The lowest BCUT2D eigenvalue weighted by molar-refractivity contribution is -0.117. The van der Waals surface area contributed by atoms with E-state index in [1.165, 1.54) is 18.4 Å². The second-order valence-corrected chi connectivity index (χ2v) is 8.79. The molecule has 0 spiro atoms. The minimum absolute atomic E-state index is 0.0522. The van der Waals surface area contributed by atoms with Crippen molar-refractivity contribution < 1.29 is 9.90 Å². The van der Waals surface area contributed by atoms with Crippen molar-refractivity contribution in [2.75, 3.05) is 0 Å². The number of ketones is 1. The van der Waals surface area contributed by atoms with Crippen molar-refractivity contribution in [2.24, 2.45) is 29.1 Å². The summed E-state index contributed by atoms with van der Waals surface area (Å²) in [5.41, 5.74) is 0.487. The Kier molecular flexibility index (Phi) is 3.92. The van der Waals surface area contributed by atoms with E-state index in [4.69, 9.17) is 6.42 Å². The maximum absolute atomic E-state index is 11.8. The predicted molar refractivity (Wildman–Crippen MR) is 95.1 cm³/mol. The summed E-state index contributed by atoms with van der Waals surface area (Å²) in [6.07, 6.45) is 18.2. The highest BCUT2D eigenvalue weighted by Crippen LogP contribution is 2.66. The van der Waals surface area contributed by atoms with Crippen LogP contribution in [0.3, 0.4) is 0 Å². The summed E-state index contributed by atoms with van der Waals surface area (Å²) >= 11 is 0. The van der Waals surface area contributed by atoms with Crippen LogP contribution >= 0.6 is 0 Å². The molecule has 4 aliphatic rings. The minimum Gasteiger partial charge on any atom is -0.377 e. The molecule has 0 aliphatic heterocycles. The maximum atomic E-state index is 11.8. The standard InChI is InChI=1S/C22H30O2/c1-3-11-21-12-9-18-17-8-6-16(23)14-15(17)5-7-19(18)20(21)10-13-22(21,24)4-2/h2,14,17-20,24H,3,5-13H2,1H3/t17-,18+,19+,20-,21?,22-/m0/s1. The van der Waals surface area contributed by atoms with E-state index in [2.05, 4.69) is 12.8 Å². The first-order chi connectivity index (χ1) is 11.5. The van der Waals surface area contributed by atoms with Gasteiger partial charge in [0.05, 0.1) is 0 Å². The molecule has 0 saturated heterocycles. The Bertz CT molecular complexity index is 612. The molecule has 3 saturated carbocycles. The molecule has 1 N–H and O–H groups in total. The van der Waals surface area contributed by atoms with Crippen molar-refractivity contribution in [1.82, 2.24) is 0 Å². The smallest absolute Gasteiger partial charge is 0.155 e. The molecule has 3 fully saturated rings. The van der Waals surface area contributed by atoms with Crippen LogP contribution in [0.4, 0.5) is 0 Å². The quantitative estimate of drug-likeness (QED) is 0.769. The van der Waals surface area contributed by atoms with Gasteiger partial charge in [-0.25, -0.2) is 0 Å². The van der Waals surface area contributed by atoms with E-state index >= 15 is 0 Å². The van der Waals surface area contributed by atoms with Crippen LogP contribution in [0.25, 0.3) is 0 Å². The van der Waals surface area contributed by atoms with Gasteiger partial charge in [0, 0.05) is 11.8 Å². The van der Waals surface area contributed by atoms with Crippen LogP contribution in [0.15, 0.2) is 11.6 Å². The molecule has 0 aromatic heterocycles. The first kappa shape index (κ1) is 16.4. The molecule has 4 rings (SSSR count). The highest BCUT2D eigenvalue weighted by molar-refractivity contribution is 5.91. The fraction of sp³-hybridized carbons (Fsp3) is 0.773. The van der Waals surface area contributed by atoms with Crippen molar-refractivity contribution in [2.45, 2.75) is 76.7 Å². The SMILES string of the molecule is C#C[C@]1(O)CC[C@H]2[C@@H]3CCC4=CC(=O)CC[C@@H]4[C@H]3CCC21CCC. The van der Waals surface area contributed by atoms with Crippen LogP contribution in [-0.2, 0) is 4.79 Å². The van der Waals surface area contributed by atoms with Gasteiger partial charge in [0.1, 0.15) is 5.60 Å². The van der Waals surface area contributed by atoms with Crippen molar-refractivity contribution in [3.63, 3.8) is 0 Å². The van der Waals surface area contributed by atoms with Crippen molar-refractivity contribution in [1.29, 1.82) is 0 Å². The van der Waals surface area contributed by atoms with Gasteiger partial charge in [0.15, 0.2) is 5.78 Å². The van der Waals surface area contributed by atoms with Gasteiger partial charge in [0.25, 0.3) is 0 Å². The first-order valence-electron chi connectivity index (χ1n) is 9.98. The molecule has 0 aromatic carbocycles. The lowest BCUT2D eigenvalue weighted by atomic mass is 9.49. The van der Waals surface area contributed by atoms with Crippen LogP contribution in [0, 0.1) is 41.4 Å². The first-order valence-corrected chi connectivity index (χ1v) is 9.98. The highest BCUT2D eigenvalue weighted by Gasteiger charge is 2.63. The van der Waals surface area contributed by atoms with Gasteiger partial charge in [-0.3, -0.25) is 4.79 Å². The van der Waals surface area contributed by atoms with E-state index < -0.39 is 5.60 Å². The summed E-state index contributed by atoms with van der Waals surface area (Å²) in [5, 5.41) is 11.2. The molecule has 0 heterocycles. The second kappa shape index (κ2) is 5.73. The lowest BCUT2D eigenvalue weighted by Crippen LogP contribution is -2.53. The summed E-state index contributed by atoms with van der Waals surface area (Å²) in [6.45, 7) is 2.22. The Hall–Kier alpha value is -1.07. The average Bonchev–Trinajstić information content (AvgIpc) is 2.88. The Morgan fingerprint density at radius 3 is 2.79 bits per heavy atom. The third kappa shape index (κ3) is 2.10. The number of rotatable bonds is 2. The summed E-state index contributed by atoms with van der Waals surface area (Å²) in [7, 11) is 0. The molecule has 0 radical (unpaired) electrons. The fourth-order valence-corrected chi connectivity index (χ4v) is 7.19. The molecule has 6 atom stereocenters. The molecule has 0 aromatic rings. The minimum atomic E-state index is -0.892. The number of carbonyl (C=O) groups excluding carboxylic acids is 1. The van der Waals surface area contributed by atoms with Gasteiger partial charge in [0.2, 0.25) is 0 Å². The normalized spacial score (nSPS) is 47.2. The zero-order valence-electron chi connectivity index (χ0n) is 14.9. The summed E-state index contributed by atoms with van der Waals surface area (Å²) in [5.74, 6) is 5.77. The van der Waals surface area contributed by atoms with Gasteiger partial charge in [-0.05, 0) is 81.1 Å². The fourth-order valence-electron chi connectivity index (χ4n) is 7.19. The number of terminal acetylenes is 1. The third-order valence-corrected chi connectivity index (χ3v) is 8.08. The molecule has 0 bridgehead atoms. The van der Waals surface area contributed by atoms with Gasteiger partial charge in [-0.15, -0.1) is 6.42 Å². The zero-order valence-corrected chi connectivity index (χ0v) is 14.9. The maximum Gasteiger partial charge on any atom is 0.155 e. The second-order valence-electron chi connectivity index (χ2n) is 8.79. The molecule has 0 amide bonds. The number of aliphatic hydroxyl groups is 1. The Morgan fingerprint density at radius 2 is 2.04 bits per heavy atom. The van der Waals surface area contributed by atoms with E-state index in [1.807, 2.05) is 6.08 Å². The molecule has 2 nitrogen and oxygen atoms in total. The molecule has 4 aliphatic carbocycles. The Balaban J connectivity index is 1.67. The lowest BCUT2D eigenvalue weighted by Gasteiger charge is -2.56. The average molecular weight is 326 g/mol. The third-order valence-electron chi connectivity index (χ3n) is 8.08. The Labute approximate surface area is 146 Å². The molecule has 2 heteroatoms. The largest absolute Gasteiger partial charge is 0.377 e. The molecular formula is C22H30O2. The van der Waals surface area contributed by atoms with Crippen molar-refractivity contribution in [3.05, 3.63) is 11.6 Å². The van der Waals surface area contributed by atoms with E-state index in [1.54, 1.807) is 0 Å². The van der Waals surface area contributed by atoms with Gasteiger partial charge < -0.3 is 5.11 Å². The number of carbonyl (C=O) groups is 1. The number of hydrogen-bond acceptors (Lipinski definition) is 2. The van der Waals surface area contributed by atoms with E-state index in [0.29, 0.717) is 29.5 Å². The van der Waals surface area contributed by atoms with Gasteiger partial charge in [-0.2, -0.15) is 0 Å². The highest BCUT2D eigenvalue weighted by atomic mass is 16.3. The topological polar surface area (TPSA) is 37.3 Å². The van der Waals surface area contributed by atoms with Crippen LogP contribution in [0.1, 0.15) is 71.1 Å².